The van der Waals surface area contributed by atoms with Gasteiger partial charge >= 0.3 is 0 Å². The molecule has 0 aromatic heterocycles. The first-order chi connectivity index (χ1) is 8.72. The van der Waals surface area contributed by atoms with E-state index in [-0.39, 0.29) is 12.6 Å². The van der Waals surface area contributed by atoms with E-state index in [0.29, 0.717) is 12.2 Å². The second-order valence-corrected chi connectivity index (χ2v) is 4.88. The molecule has 0 radical (unpaired) electrons. The fourth-order valence-electron chi connectivity index (χ4n) is 2.59. The number of aromatic hydroxyl groups is 1. The second-order valence-electron chi connectivity index (χ2n) is 4.88. The first-order valence-electron chi connectivity index (χ1n) is 6.57. The molecule has 1 aliphatic rings. The summed E-state index contributed by atoms with van der Waals surface area (Å²) in [5.74, 6) is 0.331. The summed E-state index contributed by atoms with van der Waals surface area (Å²) in [6, 6.07) is 5.79. The number of phenols is 1. The van der Waals surface area contributed by atoms with Gasteiger partial charge in [0.25, 0.3) is 0 Å². The standard InChI is InChI=1S/C14H22N2O2/c1-11-2-3-14(18)12(10-11)13(4-9-17)16-7-5-15-6-8-16/h2-3,10,13,15,17-18H,4-9H2,1H3/t13-/m1/s1. The molecule has 0 saturated carbocycles. The minimum atomic E-state index is 0.108. The molecule has 1 saturated heterocycles. The zero-order valence-electron chi connectivity index (χ0n) is 10.9. The number of phenolic OH excluding ortho intramolecular Hbond substituents is 1. The van der Waals surface area contributed by atoms with Gasteiger partial charge in [-0.2, -0.15) is 0 Å². The van der Waals surface area contributed by atoms with Crippen LogP contribution in [0.15, 0.2) is 18.2 Å². The third kappa shape index (κ3) is 3.02. The monoisotopic (exact) mass is 250 g/mol. The van der Waals surface area contributed by atoms with Crippen molar-refractivity contribution in [2.75, 3.05) is 32.8 Å². The van der Waals surface area contributed by atoms with Gasteiger partial charge in [-0.15, -0.1) is 0 Å². The number of rotatable bonds is 4. The van der Waals surface area contributed by atoms with E-state index in [1.165, 1.54) is 0 Å². The van der Waals surface area contributed by atoms with Gasteiger partial charge in [-0.3, -0.25) is 4.90 Å². The summed E-state index contributed by atoms with van der Waals surface area (Å²) in [5.41, 5.74) is 2.08. The number of aliphatic hydroxyl groups is 1. The number of piperazine rings is 1. The lowest BCUT2D eigenvalue weighted by Gasteiger charge is -2.35. The quantitative estimate of drug-likeness (QED) is 0.747. The predicted octanol–water partition coefficient (Wildman–Crippen LogP) is 1.03. The van der Waals surface area contributed by atoms with Crippen LogP contribution in [-0.2, 0) is 0 Å². The van der Waals surface area contributed by atoms with Crippen LogP contribution in [0.3, 0.4) is 0 Å². The molecule has 1 aromatic carbocycles. The highest BCUT2D eigenvalue weighted by Crippen LogP contribution is 2.32. The Bertz CT molecular complexity index is 389. The van der Waals surface area contributed by atoms with Crippen molar-refractivity contribution in [3.63, 3.8) is 0 Å². The predicted molar refractivity (Wildman–Crippen MR) is 71.7 cm³/mol. The van der Waals surface area contributed by atoms with E-state index in [1.54, 1.807) is 6.07 Å². The van der Waals surface area contributed by atoms with Crippen molar-refractivity contribution in [1.82, 2.24) is 10.2 Å². The Morgan fingerprint density at radius 3 is 2.72 bits per heavy atom. The fourth-order valence-corrected chi connectivity index (χ4v) is 2.59. The molecular weight excluding hydrogens is 228 g/mol. The summed E-state index contributed by atoms with van der Waals surface area (Å²) in [4.78, 5) is 2.33. The Labute approximate surface area is 108 Å². The Kier molecular flexibility index (Phi) is 4.58. The van der Waals surface area contributed by atoms with Gasteiger partial charge in [-0.05, 0) is 19.4 Å². The topological polar surface area (TPSA) is 55.7 Å². The largest absolute Gasteiger partial charge is 0.508 e. The van der Waals surface area contributed by atoms with Gasteiger partial charge in [-0.25, -0.2) is 0 Å². The van der Waals surface area contributed by atoms with Crippen LogP contribution in [0.25, 0.3) is 0 Å². The van der Waals surface area contributed by atoms with E-state index in [2.05, 4.69) is 10.2 Å². The van der Waals surface area contributed by atoms with Crippen LogP contribution in [-0.4, -0.2) is 47.9 Å². The average Bonchev–Trinajstić information content (AvgIpc) is 2.40. The van der Waals surface area contributed by atoms with Gasteiger partial charge in [0.1, 0.15) is 5.75 Å². The van der Waals surface area contributed by atoms with Gasteiger partial charge in [0.15, 0.2) is 0 Å². The summed E-state index contributed by atoms with van der Waals surface area (Å²) in [6.07, 6.45) is 0.664. The number of aryl methyl sites for hydroxylation is 1. The van der Waals surface area contributed by atoms with Crippen LogP contribution in [0, 0.1) is 6.92 Å². The Morgan fingerprint density at radius 2 is 2.06 bits per heavy atom. The van der Waals surface area contributed by atoms with Crippen molar-refractivity contribution in [2.45, 2.75) is 19.4 Å². The molecule has 0 spiro atoms. The molecule has 4 nitrogen and oxygen atoms in total. The third-order valence-corrected chi connectivity index (χ3v) is 3.54. The zero-order chi connectivity index (χ0) is 13.0. The molecular formula is C14H22N2O2. The van der Waals surface area contributed by atoms with Crippen LogP contribution in [0.1, 0.15) is 23.6 Å². The van der Waals surface area contributed by atoms with Gasteiger partial charge < -0.3 is 15.5 Å². The summed E-state index contributed by atoms with van der Waals surface area (Å²) in [5, 5.41) is 22.6. The molecule has 4 heteroatoms. The summed E-state index contributed by atoms with van der Waals surface area (Å²) in [7, 11) is 0. The molecule has 1 heterocycles. The third-order valence-electron chi connectivity index (χ3n) is 3.54. The summed E-state index contributed by atoms with van der Waals surface area (Å²) >= 11 is 0. The molecule has 3 N–H and O–H groups in total. The van der Waals surface area contributed by atoms with Crippen molar-refractivity contribution in [3.8, 4) is 5.75 Å². The van der Waals surface area contributed by atoms with E-state index in [0.717, 1.165) is 37.3 Å². The van der Waals surface area contributed by atoms with Crippen molar-refractivity contribution in [3.05, 3.63) is 29.3 Å². The average molecular weight is 250 g/mol. The lowest BCUT2D eigenvalue weighted by Crippen LogP contribution is -2.45. The van der Waals surface area contributed by atoms with Crippen molar-refractivity contribution in [1.29, 1.82) is 0 Å². The van der Waals surface area contributed by atoms with E-state index >= 15 is 0 Å². The van der Waals surface area contributed by atoms with Gasteiger partial charge in [-0.1, -0.05) is 17.7 Å². The number of hydrogen-bond acceptors (Lipinski definition) is 4. The van der Waals surface area contributed by atoms with Crippen molar-refractivity contribution < 1.29 is 10.2 Å². The smallest absolute Gasteiger partial charge is 0.120 e. The summed E-state index contributed by atoms with van der Waals surface area (Å²) in [6.45, 7) is 6.01. The Hall–Kier alpha value is -1.10. The minimum Gasteiger partial charge on any atom is -0.508 e. The normalized spacial score (nSPS) is 18.8. The van der Waals surface area contributed by atoms with E-state index in [4.69, 9.17) is 0 Å². The Morgan fingerprint density at radius 1 is 1.33 bits per heavy atom. The van der Waals surface area contributed by atoms with Crippen molar-refractivity contribution in [2.24, 2.45) is 0 Å². The fraction of sp³-hybridized carbons (Fsp3) is 0.571. The molecule has 1 aliphatic heterocycles. The van der Waals surface area contributed by atoms with Gasteiger partial charge in [0.2, 0.25) is 0 Å². The molecule has 100 valence electrons. The SMILES string of the molecule is Cc1ccc(O)c([C@@H](CCO)N2CCNCC2)c1. The van der Waals surface area contributed by atoms with E-state index < -0.39 is 0 Å². The lowest BCUT2D eigenvalue weighted by atomic mass is 9.98. The number of hydrogen-bond donors (Lipinski definition) is 3. The van der Waals surface area contributed by atoms with Crippen LogP contribution in [0.2, 0.25) is 0 Å². The number of aliphatic hydroxyl groups excluding tert-OH is 1. The van der Waals surface area contributed by atoms with Gasteiger partial charge in [0, 0.05) is 44.4 Å². The van der Waals surface area contributed by atoms with Crippen LogP contribution in [0.4, 0.5) is 0 Å². The second kappa shape index (κ2) is 6.18. The molecule has 0 amide bonds. The maximum absolute atomic E-state index is 10.0. The summed E-state index contributed by atoms with van der Waals surface area (Å²) < 4.78 is 0. The van der Waals surface area contributed by atoms with Crippen LogP contribution >= 0.6 is 0 Å². The van der Waals surface area contributed by atoms with E-state index in [9.17, 15) is 10.2 Å². The van der Waals surface area contributed by atoms with Crippen molar-refractivity contribution >= 4 is 0 Å². The molecule has 1 fully saturated rings. The maximum Gasteiger partial charge on any atom is 0.120 e. The Balaban J connectivity index is 2.24. The highest BCUT2D eigenvalue weighted by molar-refractivity contribution is 5.38. The molecule has 18 heavy (non-hydrogen) atoms. The van der Waals surface area contributed by atoms with Crippen LogP contribution in [0.5, 0.6) is 5.75 Å². The van der Waals surface area contributed by atoms with Crippen LogP contribution < -0.4 is 5.32 Å². The minimum absolute atomic E-state index is 0.108. The first kappa shape index (κ1) is 13.3. The molecule has 1 atom stereocenters. The molecule has 0 aliphatic carbocycles. The zero-order valence-corrected chi connectivity index (χ0v) is 10.9. The number of nitrogens with one attached hydrogen (secondary N) is 1. The molecule has 0 unspecified atom stereocenters. The highest BCUT2D eigenvalue weighted by atomic mass is 16.3. The highest BCUT2D eigenvalue weighted by Gasteiger charge is 2.23. The number of benzene rings is 1. The number of nitrogens with zero attached hydrogens (tertiary/aromatic N) is 1. The lowest BCUT2D eigenvalue weighted by molar-refractivity contribution is 0.139. The van der Waals surface area contributed by atoms with Gasteiger partial charge in [0.05, 0.1) is 0 Å². The first-order valence-corrected chi connectivity index (χ1v) is 6.57. The molecule has 0 bridgehead atoms. The molecule has 1 aromatic rings. The molecule has 2 rings (SSSR count). The van der Waals surface area contributed by atoms with E-state index in [1.807, 2.05) is 19.1 Å². The maximum atomic E-state index is 10.0.